The predicted octanol–water partition coefficient (Wildman–Crippen LogP) is 1.91. The van der Waals surface area contributed by atoms with E-state index in [1.54, 1.807) is 0 Å². The number of hydrogen-bond donors (Lipinski definition) is 1. The number of carbonyl (C=O) groups is 2. The normalized spacial score (nSPS) is 21.8. The summed E-state index contributed by atoms with van der Waals surface area (Å²) in [5.74, 6) is 0.196. The monoisotopic (exact) mass is 401 g/mol. The van der Waals surface area contributed by atoms with E-state index >= 15 is 0 Å². The van der Waals surface area contributed by atoms with Crippen molar-refractivity contribution in [2.45, 2.75) is 18.9 Å². The van der Waals surface area contributed by atoms with Gasteiger partial charge in [0.15, 0.2) is 0 Å². The number of piperazine rings is 1. The van der Waals surface area contributed by atoms with E-state index < -0.39 is 0 Å². The molecule has 1 aromatic carbocycles. The fraction of sp³-hybridized carbons (Fsp3) is 0.500. The number of halogens is 2. The molecule has 1 unspecified atom stereocenters. The van der Waals surface area contributed by atoms with Gasteiger partial charge >= 0.3 is 0 Å². The molecule has 0 bridgehead atoms. The smallest absolute Gasteiger partial charge is 0.253 e. The lowest BCUT2D eigenvalue weighted by molar-refractivity contribution is -0.135. The number of piperidine rings is 1. The van der Waals surface area contributed by atoms with Crippen molar-refractivity contribution in [1.82, 2.24) is 15.1 Å². The average Bonchev–Trinajstić information content (AvgIpc) is 2.55. The molecule has 1 N–H and O–H groups in total. The number of rotatable bonds is 2. The van der Waals surface area contributed by atoms with Crippen molar-refractivity contribution in [3.05, 3.63) is 34.3 Å². The highest BCUT2D eigenvalue weighted by molar-refractivity contribution is 9.10. The van der Waals surface area contributed by atoms with Gasteiger partial charge in [0.05, 0.1) is 6.54 Å². The molecule has 126 valence electrons. The quantitative estimate of drug-likeness (QED) is 0.822. The molecule has 2 saturated heterocycles. The number of hydrogen-bond acceptors (Lipinski definition) is 3. The summed E-state index contributed by atoms with van der Waals surface area (Å²) in [6.07, 6.45) is 1.93. The standard InChI is InChI=1S/C16H20BrN3O2.ClH/c17-13-4-1-3-12(9-13)16(22)19-7-2-5-14(11-19)20-8-6-18-10-15(20)21;/h1,3-4,9,14,18H,2,5-8,10-11H2;1H. The first-order valence-corrected chi connectivity index (χ1v) is 8.49. The Labute approximate surface area is 150 Å². The molecule has 2 aliphatic rings. The van der Waals surface area contributed by atoms with E-state index in [9.17, 15) is 9.59 Å². The number of nitrogens with zero attached hydrogens (tertiary/aromatic N) is 2. The molecule has 0 saturated carbocycles. The van der Waals surface area contributed by atoms with Crippen LogP contribution in [-0.2, 0) is 4.79 Å². The van der Waals surface area contributed by atoms with Gasteiger partial charge in [-0.05, 0) is 31.0 Å². The van der Waals surface area contributed by atoms with Crippen molar-refractivity contribution in [2.24, 2.45) is 0 Å². The Morgan fingerprint density at radius 3 is 2.87 bits per heavy atom. The Hall–Kier alpha value is -1.11. The zero-order valence-corrected chi connectivity index (χ0v) is 15.2. The molecule has 0 spiro atoms. The molecular formula is C16H21BrClN3O2. The first kappa shape index (κ1) is 18.2. The molecule has 0 aromatic heterocycles. The fourth-order valence-electron chi connectivity index (χ4n) is 3.20. The minimum atomic E-state index is 0. The first-order chi connectivity index (χ1) is 10.6. The molecule has 1 aromatic rings. The summed E-state index contributed by atoms with van der Waals surface area (Å²) >= 11 is 3.41. The van der Waals surface area contributed by atoms with Crippen molar-refractivity contribution in [3.8, 4) is 0 Å². The lowest BCUT2D eigenvalue weighted by Gasteiger charge is -2.41. The molecule has 2 heterocycles. The number of likely N-dealkylation sites (tertiary alicyclic amines) is 1. The highest BCUT2D eigenvalue weighted by atomic mass is 79.9. The second-order valence-electron chi connectivity index (χ2n) is 5.82. The second kappa shape index (κ2) is 8.13. The maximum absolute atomic E-state index is 12.7. The zero-order chi connectivity index (χ0) is 15.5. The molecule has 2 aliphatic heterocycles. The van der Waals surface area contributed by atoms with Gasteiger partial charge < -0.3 is 15.1 Å². The molecule has 3 rings (SSSR count). The van der Waals surface area contributed by atoms with Crippen LogP contribution < -0.4 is 5.32 Å². The number of carbonyl (C=O) groups excluding carboxylic acids is 2. The molecule has 0 radical (unpaired) electrons. The van der Waals surface area contributed by atoms with Gasteiger partial charge in [-0.15, -0.1) is 12.4 Å². The van der Waals surface area contributed by atoms with Gasteiger partial charge in [0.1, 0.15) is 0 Å². The van der Waals surface area contributed by atoms with E-state index in [4.69, 9.17) is 0 Å². The van der Waals surface area contributed by atoms with Gasteiger partial charge in [-0.1, -0.05) is 22.0 Å². The van der Waals surface area contributed by atoms with Crippen LogP contribution in [-0.4, -0.2) is 60.4 Å². The number of nitrogens with one attached hydrogen (secondary N) is 1. The molecule has 1 atom stereocenters. The van der Waals surface area contributed by atoms with E-state index in [1.807, 2.05) is 34.1 Å². The summed E-state index contributed by atoms with van der Waals surface area (Å²) in [6.45, 7) is 3.39. The Balaban J connectivity index is 0.00000192. The van der Waals surface area contributed by atoms with Crippen LogP contribution in [0.5, 0.6) is 0 Å². The lowest BCUT2D eigenvalue weighted by atomic mass is 10.0. The van der Waals surface area contributed by atoms with E-state index in [0.717, 1.165) is 36.9 Å². The van der Waals surface area contributed by atoms with Crippen molar-refractivity contribution in [2.75, 3.05) is 32.7 Å². The third-order valence-corrected chi connectivity index (χ3v) is 4.82. The van der Waals surface area contributed by atoms with E-state index in [2.05, 4.69) is 21.2 Å². The van der Waals surface area contributed by atoms with Crippen LogP contribution in [0.25, 0.3) is 0 Å². The minimum absolute atomic E-state index is 0. The summed E-state index contributed by atoms with van der Waals surface area (Å²) in [5, 5.41) is 3.09. The average molecular weight is 403 g/mol. The Bertz CT molecular complexity index is 584. The maximum Gasteiger partial charge on any atom is 0.253 e. The Kier molecular flexibility index (Phi) is 6.44. The molecule has 23 heavy (non-hydrogen) atoms. The van der Waals surface area contributed by atoms with Crippen molar-refractivity contribution < 1.29 is 9.59 Å². The van der Waals surface area contributed by atoms with E-state index in [0.29, 0.717) is 18.7 Å². The third kappa shape index (κ3) is 4.25. The lowest BCUT2D eigenvalue weighted by Crippen LogP contribution is -2.57. The Morgan fingerprint density at radius 1 is 1.30 bits per heavy atom. The van der Waals surface area contributed by atoms with Gasteiger partial charge in [-0.25, -0.2) is 0 Å². The van der Waals surface area contributed by atoms with Crippen LogP contribution in [0.2, 0.25) is 0 Å². The largest absolute Gasteiger partial charge is 0.337 e. The van der Waals surface area contributed by atoms with Crippen LogP contribution in [0.3, 0.4) is 0 Å². The van der Waals surface area contributed by atoms with Gasteiger partial charge in [0.2, 0.25) is 5.91 Å². The van der Waals surface area contributed by atoms with Gasteiger partial charge in [0, 0.05) is 42.3 Å². The summed E-state index contributed by atoms with van der Waals surface area (Å²) in [4.78, 5) is 28.5. The fourth-order valence-corrected chi connectivity index (χ4v) is 3.60. The summed E-state index contributed by atoms with van der Waals surface area (Å²) in [5.41, 5.74) is 0.696. The highest BCUT2D eigenvalue weighted by Crippen LogP contribution is 2.20. The predicted molar refractivity (Wildman–Crippen MR) is 94.9 cm³/mol. The summed E-state index contributed by atoms with van der Waals surface area (Å²) in [6, 6.07) is 7.63. The third-order valence-electron chi connectivity index (χ3n) is 4.32. The summed E-state index contributed by atoms with van der Waals surface area (Å²) < 4.78 is 0.907. The van der Waals surface area contributed by atoms with Crippen LogP contribution in [0.15, 0.2) is 28.7 Å². The first-order valence-electron chi connectivity index (χ1n) is 7.70. The Morgan fingerprint density at radius 2 is 2.13 bits per heavy atom. The van der Waals surface area contributed by atoms with Crippen LogP contribution in [0.1, 0.15) is 23.2 Å². The molecule has 2 amide bonds. The van der Waals surface area contributed by atoms with Crippen LogP contribution >= 0.6 is 28.3 Å². The molecule has 5 nitrogen and oxygen atoms in total. The number of amides is 2. The van der Waals surface area contributed by atoms with Crippen molar-refractivity contribution in [1.29, 1.82) is 0 Å². The number of benzene rings is 1. The van der Waals surface area contributed by atoms with E-state index in [1.165, 1.54) is 0 Å². The van der Waals surface area contributed by atoms with Gasteiger partial charge in [-0.2, -0.15) is 0 Å². The van der Waals surface area contributed by atoms with Crippen molar-refractivity contribution >= 4 is 40.2 Å². The van der Waals surface area contributed by atoms with Gasteiger partial charge in [-0.3, -0.25) is 9.59 Å². The van der Waals surface area contributed by atoms with Crippen LogP contribution in [0.4, 0.5) is 0 Å². The topological polar surface area (TPSA) is 52.7 Å². The molecule has 2 fully saturated rings. The molecule has 7 heteroatoms. The second-order valence-corrected chi connectivity index (χ2v) is 6.74. The van der Waals surface area contributed by atoms with E-state index in [-0.39, 0.29) is 30.3 Å². The maximum atomic E-state index is 12.7. The zero-order valence-electron chi connectivity index (χ0n) is 12.8. The SMILES string of the molecule is Cl.O=C(c1cccc(Br)c1)N1CCCC(N2CCNCC2=O)C1. The molecular weight excluding hydrogens is 382 g/mol. The van der Waals surface area contributed by atoms with Gasteiger partial charge in [0.25, 0.3) is 5.91 Å². The van der Waals surface area contributed by atoms with Crippen LogP contribution in [0, 0.1) is 0 Å². The summed E-state index contributed by atoms with van der Waals surface area (Å²) in [7, 11) is 0. The highest BCUT2D eigenvalue weighted by Gasteiger charge is 2.31. The minimum Gasteiger partial charge on any atom is -0.337 e. The van der Waals surface area contributed by atoms with Crippen molar-refractivity contribution in [3.63, 3.8) is 0 Å². The molecule has 0 aliphatic carbocycles.